The van der Waals surface area contributed by atoms with E-state index in [9.17, 15) is 0 Å². The molecule has 1 nitrogen and oxygen atoms in total. The van der Waals surface area contributed by atoms with E-state index in [2.05, 4.69) is 26.1 Å². The van der Waals surface area contributed by atoms with Crippen molar-refractivity contribution in [2.24, 2.45) is 17.3 Å². The van der Waals surface area contributed by atoms with Gasteiger partial charge in [0.2, 0.25) is 0 Å². The summed E-state index contributed by atoms with van der Waals surface area (Å²) in [5.41, 5.74) is 0.530. The first kappa shape index (κ1) is 14.4. The lowest BCUT2D eigenvalue weighted by atomic mass is 9.70. The Kier molecular flexibility index (Phi) is 5.12. The molecule has 106 valence electrons. The molecule has 2 aliphatic rings. The van der Waals surface area contributed by atoms with Gasteiger partial charge in [0, 0.05) is 6.04 Å². The highest BCUT2D eigenvalue weighted by Crippen LogP contribution is 2.39. The summed E-state index contributed by atoms with van der Waals surface area (Å²) in [6, 6.07) is 0.846. The molecule has 18 heavy (non-hydrogen) atoms. The number of hydrogen-bond acceptors (Lipinski definition) is 1. The minimum Gasteiger partial charge on any atom is -0.314 e. The fourth-order valence-corrected chi connectivity index (χ4v) is 3.87. The van der Waals surface area contributed by atoms with Crippen molar-refractivity contribution in [1.29, 1.82) is 0 Å². The van der Waals surface area contributed by atoms with Crippen molar-refractivity contribution in [3.8, 4) is 0 Å². The van der Waals surface area contributed by atoms with E-state index in [0.29, 0.717) is 5.41 Å². The van der Waals surface area contributed by atoms with E-state index < -0.39 is 0 Å². The van der Waals surface area contributed by atoms with E-state index in [4.69, 9.17) is 0 Å². The normalized spacial score (nSPS) is 31.5. The first-order valence-corrected chi connectivity index (χ1v) is 8.29. The number of rotatable bonds is 3. The van der Waals surface area contributed by atoms with Crippen LogP contribution in [0, 0.1) is 17.3 Å². The van der Waals surface area contributed by atoms with Crippen LogP contribution in [0.1, 0.15) is 78.6 Å². The predicted octanol–water partition coefficient (Wildman–Crippen LogP) is 4.76. The first-order valence-electron chi connectivity index (χ1n) is 8.29. The Morgan fingerprint density at radius 3 is 2.00 bits per heavy atom. The molecule has 2 aliphatic carbocycles. The van der Waals surface area contributed by atoms with Crippen LogP contribution in [0.15, 0.2) is 0 Å². The zero-order valence-corrected chi connectivity index (χ0v) is 12.8. The molecule has 1 N–H and O–H groups in total. The maximum absolute atomic E-state index is 3.84. The first-order chi connectivity index (χ1) is 8.55. The maximum Gasteiger partial charge on any atom is 0.00671 e. The van der Waals surface area contributed by atoms with Crippen molar-refractivity contribution in [1.82, 2.24) is 5.32 Å². The Labute approximate surface area is 114 Å². The lowest BCUT2D eigenvalue weighted by molar-refractivity contribution is 0.146. The lowest BCUT2D eigenvalue weighted by Gasteiger charge is -2.37. The van der Waals surface area contributed by atoms with Crippen LogP contribution in [0.25, 0.3) is 0 Å². The zero-order chi connectivity index (χ0) is 13.0. The Hall–Kier alpha value is -0.0400. The second-order valence-electron chi connectivity index (χ2n) is 7.83. The van der Waals surface area contributed by atoms with Gasteiger partial charge in [-0.25, -0.2) is 0 Å². The van der Waals surface area contributed by atoms with Crippen LogP contribution in [-0.4, -0.2) is 12.6 Å². The highest BCUT2D eigenvalue weighted by Gasteiger charge is 2.29. The van der Waals surface area contributed by atoms with Crippen LogP contribution in [0.5, 0.6) is 0 Å². The molecule has 0 aliphatic heterocycles. The SMILES string of the molecule is CC(C)(C)C1CCC(CNC2CCCCC2)CC1. The zero-order valence-electron chi connectivity index (χ0n) is 12.8. The van der Waals surface area contributed by atoms with Gasteiger partial charge >= 0.3 is 0 Å². The van der Waals surface area contributed by atoms with Gasteiger partial charge in [-0.3, -0.25) is 0 Å². The van der Waals surface area contributed by atoms with Crippen molar-refractivity contribution in [2.45, 2.75) is 84.6 Å². The molecule has 1 heteroatoms. The predicted molar refractivity (Wildman–Crippen MR) is 79.8 cm³/mol. The van der Waals surface area contributed by atoms with Crippen LogP contribution >= 0.6 is 0 Å². The van der Waals surface area contributed by atoms with Crippen molar-refractivity contribution < 1.29 is 0 Å². The minimum absolute atomic E-state index is 0.530. The molecule has 0 radical (unpaired) electrons. The van der Waals surface area contributed by atoms with Gasteiger partial charge < -0.3 is 5.32 Å². The van der Waals surface area contributed by atoms with Crippen LogP contribution < -0.4 is 5.32 Å². The third-order valence-electron chi connectivity index (χ3n) is 5.37. The topological polar surface area (TPSA) is 12.0 Å². The van der Waals surface area contributed by atoms with Gasteiger partial charge in [0.1, 0.15) is 0 Å². The third-order valence-corrected chi connectivity index (χ3v) is 5.37. The Balaban J connectivity index is 1.64. The highest BCUT2D eigenvalue weighted by molar-refractivity contribution is 4.82. The van der Waals surface area contributed by atoms with Gasteiger partial charge in [0.25, 0.3) is 0 Å². The molecule has 0 spiro atoms. The molecule has 0 aromatic carbocycles. The van der Waals surface area contributed by atoms with Gasteiger partial charge in [-0.15, -0.1) is 0 Å². The van der Waals surface area contributed by atoms with E-state index >= 15 is 0 Å². The summed E-state index contributed by atoms with van der Waals surface area (Å²) in [5.74, 6) is 1.92. The third kappa shape index (κ3) is 4.26. The van der Waals surface area contributed by atoms with E-state index in [1.807, 2.05) is 0 Å². The summed E-state index contributed by atoms with van der Waals surface area (Å²) in [5, 5.41) is 3.84. The molecule has 0 amide bonds. The molecule has 0 saturated heterocycles. The fraction of sp³-hybridized carbons (Fsp3) is 1.00. The number of nitrogens with one attached hydrogen (secondary N) is 1. The summed E-state index contributed by atoms with van der Waals surface area (Å²) < 4.78 is 0. The van der Waals surface area contributed by atoms with Crippen LogP contribution in [-0.2, 0) is 0 Å². The standard InChI is InChI=1S/C17H33N/c1-17(2,3)15-11-9-14(10-12-15)13-18-16-7-5-4-6-8-16/h14-16,18H,4-13H2,1-3H3. The summed E-state index contributed by atoms with van der Waals surface area (Å²) >= 11 is 0. The van der Waals surface area contributed by atoms with Crippen molar-refractivity contribution in [3.05, 3.63) is 0 Å². The lowest BCUT2D eigenvalue weighted by Crippen LogP contribution is -2.36. The molecule has 0 unspecified atom stereocenters. The molecular formula is C17H33N. The van der Waals surface area contributed by atoms with E-state index in [0.717, 1.165) is 17.9 Å². The molecule has 0 bridgehead atoms. The van der Waals surface area contributed by atoms with Gasteiger partial charge in [0.05, 0.1) is 0 Å². The fourth-order valence-electron chi connectivity index (χ4n) is 3.87. The molecule has 0 atom stereocenters. The van der Waals surface area contributed by atoms with Gasteiger partial charge in [-0.1, -0.05) is 40.0 Å². The summed E-state index contributed by atoms with van der Waals surface area (Å²) in [7, 11) is 0. The van der Waals surface area contributed by atoms with Crippen LogP contribution in [0.4, 0.5) is 0 Å². The summed E-state index contributed by atoms with van der Waals surface area (Å²) in [6.07, 6.45) is 13.1. The average molecular weight is 251 g/mol. The summed E-state index contributed by atoms with van der Waals surface area (Å²) in [4.78, 5) is 0. The Bertz CT molecular complexity index is 226. The monoisotopic (exact) mass is 251 g/mol. The van der Waals surface area contributed by atoms with E-state index in [1.165, 1.54) is 64.3 Å². The minimum atomic E-state index is 0.530. The van der Waals surface area contributed by atoms with Crippen molar-refractivity contribution in [2.75, 3.05) is 6.54 Å². The largest absolute Gasteiger partial charge is 0.314 e. The molecule has 0 aromatic rings. The molecular weight excluding hydrogens is 218 g/mol. The quantitative estimate of drug-likeness (QED) is 0.762. The number of hydrogen-bond donors (Lipinski definition) is 1. The highest BCUT2D eigenvalue weighted by atomic mass is 14.9. The van der Waals surface area contributed by atoms with Gasteiger partial charge in [-0.05, 0) is 62.3 Å². The molecule has 2 fully saturated rings. The van der Waals surface area contributed by atoms with Crippen molar-refractivity contribution >= 4 is 0 Å². The second-order valence-corrected chi connectivity index (χ2v) is 7.83. The molecule has 0 heterocycles. The van der Waals surface area contributed by atoms with Gasteiger partial charge in [-0.2, -0.15) is 0 Å². The van der Waals surface area contributed by atoms with Crippen LogP contribution in [0.2, 0.25) is 0 Å². The maximum atomic E-state index is 3.84. The van der Waals surface area contributed by atoms with Gasteiger partial charge in [0.15, 0.2) is 0 Å². The second kappa shape index (κ2) is 6.41. The summed E-state index contributed by atoms with van der Waals surface area (Å²) in [6.45, 7) is 8.54. The Morgan fingerprint density at radius 2 is 1.44 bits per heavy atom. The van der Waals surface area contributed by atoms with Crippen LogP contribution in [0.3, 0.4) is 0 Å². The molecule has 2 saturated carbocycles. The van der Waals surface area contributed by atoms with Crippen molar-refractivity contribution in [3.63, 3.8) is 0 Å². The Morgan fingerprint density at radius 1 is 0.833 bits per heavy atom. The molecule has 2 rings (SSSR count). The smallest absolute Gasteiger partial charge is 0.00671 e. The van der Waals surface area contributed by atoms with E-state index in [-0.39, 0.29) is 0 Å². The average Bonchev–Trinajstić information content (AvgIpc) is 2.37. The van der Waals surface area contributed by atoms with E-state index in [1.54, 1.807) is 0 Å². The molecule has 0 aromatic heterocycles.